The molecule has 1 aliphatic heterocycles. The van der Waals surface area contributed by atoms with Gasteiger partial charge < -0.3 is 10.2 Å². The zero-order valence-corrected chi connectivity index (χ0v) is 17.4. The molecule has 7 nitrogen and oxygen atoms in total. The molecule has 1 aromatic heterocycles. The quantitative estimate of drug-likeness (QED) is 0.599. The second kappa shape index (κ2) is 8.97. The number of hydrogen-bond donors (Lipinski definition) is 1. The summed E-state index contributed by atoms with van der Waals surface area (Å²) in [4.78, 5) is 45.7. The fraction of sp³-hybridized carbons (Fsp3) is 0.167. The highest BCUT2D eigenvalue weighted by Crippen LogP contribution is 2.28. The van der Waals surface area contributed by atoms with Gasteiger partial charge in [0.2, 0.25) is 5.91 Å². The Morgan fingerprint density at radius 1 is 1.06 bits per heavy atom. The summed E-state index contributed by atoms with van der Waals surface area (Å²) in [5.41, 5.74) is 2.59. The number of benzene rings is 2. The third kappa shape index (κ3) is 4.49. The molecule has 0 aliphatic carbocycles. The molecule has 0 saturated carbocycles. The lowest BCUT2D eigenvalue weighted by Crippen LogP contribution is -2.37. The third-order valence-electron chi connectivity index (χ3n) is 5.19. The summed E-state index contributed by atoms with van der Waals surface area (Å²) < 4.78 is 13.1. The van der Waals surface area contributed by atoms with Crippen molar-refractivity contribution in [3.8, 4) is 0 Å². The number of halogens is 1. The Bertz CT molecular complexity index is 1130. The minimum Gasteiger partial charge on any atom is -0.326 e. The Morgan fingerprint density at radius 2 is 1.78 bits per heavy atom. The topological polar surface area (TPSA) is 82.6 Å². The Hall–Kier alpha value is -4.07. The van der Waals surface area contributed by atoms with Crippen LogP contribution in [0.2, 0.25) is 0 Å². The van der Waals surface area contributed by atoms with Crippen LogP contribution >= 0.6 is 0 Å². The zero-order valence-electron chi connectivity index (χ0n) is 17.4. The summed E-state index contributed by atoms with van der Waals surface area (Å²) in [6, 6.07) is 14.4. The molecular weight excluding hydrogens is 411 g/mol. The normalized spacial score (nSPS) is 15.9. The van der Waals surface area contributed by atoms with E-state index in [9.17, 15) is 18.8 Å². The van der Waals surface area contributed by atoms with Crippen molar-refractivity contribution in [2.24, 2.45) is 0 Å². The van der Waals surface area contributed by atoms with Crippen LogP contribution in [0.1, 0.15) is 17.5 Å². The molecule has 0 spiro atoms. The predicted octanol–water partition coefficient (Wildman–Crippen LogP) is 3.90. The van der Waals surface area contributed by atoms with Gasteiger partial charge in [-0.2, -0.15) is 0 Å². The molecule has 162 valence electrons. The van der Waals surface area contributed by atoms with Gasteiger partial charge in [-0.3, -0.25) is 14.6 Å². The average Bonchev–Trinajstić information content (AvgIpc) is 3.01. The van der Waals surface area contributed by atoms with Crippen LogP contribution in [-0.2, 0) is 16.1 Å². The summed E-state index contributed by atoms with van der Waals surface area (Å²) in [5, 5.41) is 2.65. The van der Waals surface area contributed by atoms with Crippen molar-refractivity contribution in [1.82, 2.24) is 9.88 Å². The summed E-state index contributed by atoms with van der Waals surface area (Å²) in [6.45, 7) is 2.05. The van der Waals surface area contributed by atoms with E-state index in [0.29, 0.717) is 11.4 Å². The van der Waals surface area contributed by atoms with Crippen molar-refractivity contribution >= 4 is 29.2 Å². The van der Waals surface area contributed by atoms with Crippen molar-refractivity contribution in [3.05, 3.63) is 90.0 Å². The fourth-order valence-corrected chi connectivity index (χ4v) is 3.55. The van der Waals surface area contributed by atoms with Crippen LogP contribution in [0.15, 0.2) is 73.1 Å². The molecule has 0 bridgehead atoms. The van der Waals surface area contributed by atoms with Gasteiger partial charge in [-0.15, -0.1) is 0 Å². The van der Waals surface area contributed by atoms with E-state index in [1.807, 2.05) is 19.1 Å². The highest BCUT2D eigenvalue weighted by Gasteiger charge is 2.46. The van der Waals surface area contributed by atoms with Crippen LogP contribution in [0.5, 0.6) is 0 Å². The number of nitrogens with zero attached hydrogens (tertiary/aromatic N) is 3. The van der Waals surface area contributed by atoms with Gasteiger partial charge >= 0.3 is 6.03 Å². The van der Waals surface area contributed by atoms with E-state index < -0.39 is 29.7 Å². The maximum Gasteiger partial charge on any atom is 0.332 e. The largest absolute Gasteiger partial charge is 0.332 e. The number of rotatable bonds is 6. The molecule has 3 aromatic rings. The molecule has 1 saturated heterocycles. The third-order valence-corrected chi connectivity index (χ3v) is 5.19. The lowest BCUT2D eigenvalue weighted by molar-refractivity contribution is -0.124. The number of aryl methyl sites for hydroxylation is 1. The van der Waals surface area contributed by atoms with Crippen molar-refractivity contribution in [2.45, 2.75) is 25.9 Å². The molecular formula is C24H21FN4O3. The molecule has 1 atom stereocenters. The Balaban J connectivity index is 1.59. The lowest BCUT2D eigenvalue weighted by Gasteiger charge is -2.21. The van der Waals surface area contributed by atoms with Gasteiger partial charge in [-0.25, -0.2) is 14.1 Å². The number of imide groups is 1. The minimum absolute atomic E-state index is 0.134. The van der Waals surface area contributed by atoms with Crippen molar-refractivity contribution < 1.29 is 18.8 Å². The smallest absolute Gasteiger partial charge is 0.326 e. The second-order valence-electron chi connectivity index (χ2n) is 7.56. The summed E-state index contributed by atoms with van der Waals surface area (Å²) in [5.74, 6) is -1.35. The van der Waals surface area contributed by atoms with Gasteiger partial charge in [-0.1, -0.05) is 23.8 Å². The maximum absolute atomic E-state index is 13.3. The first-order chi connectivity index (χ1) is 15.4. The Kier molecular flexibility index (Phi) is 5.93. The second-order valence-corrected chi connectivity index (χ2v) is 7.56. The fourth-order valence-electron chi connectivity index (χ4n) is 3.55. The molecule has 1 N–H and O–H groups in total. The van der Waals surface area contributed by atoms with E-state index in [0.717, 1.165) is 16.0 Å². The van der Waals surface area contributed by atoms with Crippen LogP contribution < -0.4 is 10.2 Å². The minimum atomic E-state index is -0.982. The lowest BCUT2D eigenvalue weighted by atomic mass is 10.1. The Morgan fingerprint density at radius 3 is 2.44 bits per heavy atom. The van der Waals surface area contributed by atoms with Gasteiger partial charge in [-0.05, 0) is 55.0 Å². The van der Waals surface area contributed by atoms with E-state index in [-0.39, 0.29) is 13.0 Å². The van der Waals surface area contributed by atoms with Gasteiger partial charge in [0.25, 0.3) is 5.91 Å². The number of amides is 4. The highest BCUT2D eigenvalue weighted by molar-refractivity contribution is 6.22. The number of aromatic nitrogens is 1. The summed E-state index contributed by atoms with van der Waals surface area (Å²) in [7, 11) is 0. The van der Waals surface area contributed by atoms with Crippen molar-refractivity contribution in [2.75, 3.05) is 10.2 Å². The molecule has 4 rings (SSSR count). The van der Waals surface area contributed by atoms with Gasteiger partial charge in [0.05, 0.1) is 12.1 Å². The number of hydrogen-bond acceptors (Lipinski definition) is 4. The molecule has 1 fully saturated rings. The van der Waals surface area contributed by atoms with E-state index in [1.54, 1.807) is 36.7 Å². The molecule has 2 heterocycles. The molecule has 0 unspecified atom stereocenters. The van der Waals surface area contributed by atoms with E-state index in [4.69, 9.17) is 0 Å². The van der Waals surface area contributed by atoms with Gasteiger partial charge in [0, 0.05) is 24.6 Å². The van der Waals surface area contributed by atoms with E-state index in [1.165, 1.54) is 29.2 Å². The SMILES string of the molecule is Cc1ccc(N2C(=O)[C@H](CC(=O)Nc3ccc(F)cc3)N(Cc3cccnc3)C2=O)cc1. The maximum atomic E-state index is 13.3. The monoisotopic (exact) mass is 432 g/mol. The van der Waals surface area contributed by atoms with Crippen LogP contribution in [0, 0.1) is 12.7 Å². The van der Waals surface area contributed by atoms with Crippen molar-refractivity contribution in [1.29, 1.82) is 0 Å². The van der Waals surface area contributed by atoms with Crippen LogP contribution in [0.25, 0.3) is 0 Å². The zero-order chi connectivity index (χ0) is 22.7. The first-order valence-corrected chi connectivity index (χ1v) is 10.1. The first kappa shape index (κ1) is 21.2. The summed E-state index contributed by atoms with van der Waals surface area (Å²) >= 11 is 0. The summed E-state index contributed by atoms with van der Waals surface area (Å²) in [6.07, 6.45) is 3.00. The number of anilines is 2. The molecule has 0 radical (unpaired) electrons. The number of pyridine rings is 1. The molecule has 2 aromatic carbocycles. The van der Waals surface area contributed by atoms with Crippen molar-refractivity contribution in [3.63, 3.8) is 0 Å². The number of urea groups is 1. The number of carbonyl (C=O) groups excluding carboxylic acids is 3. The highest BCUT2D eigenvalue weighted by atomic mass is 19.1. The van der Waals surface area contributed by atoms with Crippen LogP contribution in [0.4, 0.5) is 20.6 Å². The first-order valence-electron chi connectivity index (χ1n) is 10.1. The molecule has 4 amide bonds. The number of carbonyl (C=O) groups is 3. The van der Waals surface area contributed by atoms with E-state index in [2.05, 4.69) is 10.3 Å². The van der Waals surface area contributed by atoms with Gasteiger partial charge in [0.15, 0.2) is 0 Å². The number of nitrogens with one attached hydrogen (secondary N) is 1. The van der Waals surface area contributed by atoms with E-state index >= 15 is 0 Å². The van der Waals surface area contributed by atoms with Gasteiger partial charge in [0.1, 0.15) is 11.9 Å². The average molecular weight is 432 g/mol. The molecule has 8 heteroatoms. The van der Waals surface area contributed by atoms with Crippen LogP contribution in [0.3, 0.4) is 0 Å². The predicted molar refractivity (Wildman–Crippen MR) is 117 cm³/mol. The van der Waals surface area contributed by atoms with Crippen LogP contribution in [-0.4, -0.2) is 33.8 Å². The molecule has 1 aliphatic rings. The standard InChI is InChI=1S/C24H21FN4O3/c1-16-4-10-20(11-5-16)29-23(31)21(13-22(30)27-19-8-6-18(25)7-9-19)28(24(29)32)15-17-3-2-12-26-14-17/h2-12,14,21H,13,15H2,1H3,(H,27,30)/t21-/m0/s1. The molecule has 32 heavy (non-hydrogen) atoms. The Labute approximate surface area is 184 Å².